The Hall–Kier alpha value is -0.840. The van der Waals surface area contributed by atoms with Gasteiger partial charge in [-0.3, -0.25) is 9.78 Å². The van der Waals surface area contributed by atoms with Crippen molar-refractivity contribution < 1.29 is 4.79 Å². The molecule has 0 bridgehead atoms. The second-order valence-corrected chi connectivity index (χ2v) is 4.99. The fourth-order valence-corrected chi connectivity index (χ4v) is 2.64. The van der Waals surface area contributed by atoms with Crippen molar-refractivity contribution in [3.8, 4) is 0 Å². The standard InChI is InChI=1S/C14H21N3O.2ClH/c1-3-14(7-5-9-16-14)13(18)17(2)11-12-6-4-8-15-10-12;;/h4,6,8,10,16H,3,5,7,9,11H2,1-2H3;2*1H. The lowest BCUT2D eigenvalue weighted by Gasteiger charge is -2.31. The zero-order valence-corrected chi connectivity index (χ0v) is 13.6. The molecule has 1 aliphatic rings. The van der Waals surface area contributed by atoms with Crippen LogP contribution in [0.3, 0.4) is 0 Å². The van der Waals surface area contributed by atoms with Crippen molar-refractivity contribution >= 4 is 30.7 Å². The third kappa shape index (κ3) is 4.08. The van der Waals surface area contributed by atoms with Gasteiger partial charge in [0.2, 0.25) is 5.91 Å². The second kappa shape index (κ2) is 8.45. The van der Waals surface area contributed by atoms with E-state index in [1.165, 1.54) is 0 Å². The molecule has 0 spiro atoms. The maximum absolute atomic E-state index is 12.5. The van der Waals surface area contributed by atoms with Gasteiger partial charge in [-0.15, -0.1) is 24.8 Å². The minimum atomic E-state index is -0.336. The zero-order chi connectivity index (χ0) is 13.0. The number of carbonyl (C=O) groups excluding carboxylic acids is 1. The summed E-state index contributed by atoms with van der Waals surface area (Å²) in [7, 11) is 1.87. The minimum absolute atomic E-state index is 0. The van der Waals surface area contributed by atoms with E-state index in [-0.39, 0.29) is 36.3 Å². The molecule has 1 aliphatic heterocycles. The highest BCUT2D eigenvalue weighted by Gasteiger charge is 2.40. The molecule has 1 saturated heterocycles. The molecular weight excluding hydrogens is 297 g/mol. The molecule has 114 valence electrons. The van der Waals surface area contributed by atoms with Crippen LogP contribution in [0.1, 0.15) is 31.7 Å². The highest BCUT2D eigenvalue weighted by Crippen LogP contribution is 2.25. The van der Waals surface area contributed by atoms with Gasteiger partial charge in [0.05, 0.1) is 5.54 Å². The fourth-order valence-electron chi connectivity index (χ4n) is 2.64. The highest BCUT2D eigenvalue weighted by atomic mass is 35.5. The van der Waals surface area contributed by atoms with Crippen molar-refractivity contribution in [2.75, 3.05) is 13.6 Å². The number of nitrogens with one attached hydrogen (secondary N) is 1. The normalized spacial score (nSPS) is 20.7. The van der Waals surface area contributed by atoms with Gasteiger partial charge >= 0.3 is 0 Å². The molecule has 1 aromatic heterocycles. The van der Waals surface area contributed by atoms with Crippen LogP contribution in [-0.2, 0) is 11.3 Å². The van der Waals surface area contributed by atoms with Crippen LogP contribution < -0.4 is 5.32 Å². The van der Waals surface area contributed by atoms with Crippen molar-refractivity contribution in [2.24, 2.45) is 0 Å². The van der Waals surface area contributed by atoms with E-state index in [0.29, 0.717) is 6.54 Å². The van der Waals surface area contributed by atoms with Crippen LogP contribution in [0, 0.1) is 0 Å². The van der Waals surface area contributed by atoms with Crippen LogP contribution >= 0.6 is 24.8 Å². The maximum Gasteiger partial charge on any atom is 0.242 e. The Morgan fingerprint density at radius 3 is 2.75 bits per heavy atom. The van der Waals surface area contributed by atoms with Crippen molar-refractivity contribution in [1.82, 2.24) is 15.2 Å². The van der Waals surface area contributed by atoms with Crippen molar-refractivity contribution in [2.45, 2.75) is 38.3 Å². The average Bonchev–Trinajstić information content (AvgIpc) is 2.89. The van der Waals surface area contributed by atoms with Crippen LogP contribution in [0.2, 0.25) is 0 Å². The van der Waals surface area contributed by atoms with Gasteiger partial charge < -0.3 is 10.2 Å². The molecule has 1 fully saturated rings. The lowest BCUT2D eigenvalue weighted by atomic mass is 9.92. The van der Waals surface area contributed by atoms with E-state index in [1.54, 1.807) is 11.1 Å². The Morgan fingerprint density at radius 1 is 1.50 bits per heavy atom. The summed E-state index contributed by atoms with van der Waals surface area (Å²) >= 11 is 0. The molecule has 4 nitrogen and oxygen atoms in total. The molecule has 2 heterocycles. The molecule has 1 unspecified atom stereocenters. The molecule has 6 heteroatoms. The number of rotatable bonds is 4. The molecule has 1 aromatic rings. The number of aromatic nitrogens is 1. The SMILES string of the molecule is CCC1(C(=O)N(C)Cc2cccnc2)CCCN1.Cl.Cl. The fraction of sp³-hybridized carbons (Fsp3) is 0.571. The van der Waals surface area contributed by atoms with Gasteiger partial charge in [-0.2, -0.15) is 0 Å². The summed E-state index contributed by atoms with van der Waals surface area (Å²) in [6, 6.07) is 3.90. The Labute approximate surface area is 133 Å². The molecule has 2 rings (SSSR count). The van der Waals surface area contributed by atoms with E-state index < -0.39 is 0 Å². The number of halogens is 2. The predicted molar refractivity (Wildman–Crippen MR) is 85.5 cm³/mol. The Balaban J connectivity index is 0.00000180. The monoisotopic (exact) mass is 319 g/mol. The van der Waals surface area contributed by atoms with Gasteiger partial charge in [0.25, 0.3) is 0 Å². The topological polar surface area (TPSA) is 45.2 Å². The third-order valence-corrected chi connectivity index (χ3v) is 3.75. The molecule has 1 atom stereocenters. The summed E-state index contributed by atoms with van der Waals surface area (Å²) in [5.41, 5.74) is 0.731. The van der Waals surface area contributed by atoms with Gasteiger partial charge in [0.1, 0.15) is 0 Å². The molecule has 1 N–H and O–H groups in total. The molecule has 0 saturated carbocycles. The molecule has 20 heavy (non-hydrogen) atoms. The molecule has 0 aliphatic carbocycles. The van der Waals surface area contributed by atoms with Crippen LogP contribution in [0.5, 0.6) is 0 Å². The predicted octanol–water partition coefficient (Wildman–Crippen LogP) is 2.42. The van der Waals surface area contributed by atoms with E-state index in [0.717, 1.165) is 31.4 Å². The van der Waals surface area contributed by atoms with Gasteiger partial charge in [-0.05, 0) is 37.4 Å². The van der Waals surface area contributed by atoms with E-state index in [4.69, 9.17) is 0 Å². The number of likely N-dealkylation sites (N-methyl/N-ethyl adjacent to an activating group) is 1. The van der Waals surface area contributed by atoms with Crippen LogP contribution in [0.4, 0.5) is 0 Å². The summed E-state index contributed by atoms with van der Waals surface area (Å²) in [6.45, 7) is 3.64. The van der Waals surface area contributed by atoms with Gasteiger partial charge in [0, 0.05) is 26.0 Å². The van der Waals surface area contributed by atoms with Crippen molar-refractivity contribution in [1.29, 1.82) is 0 Å². The summed E-state index contributed by atoms with van der Waals surface area (Å²) in [5, 5.41) is 3.38. The summed E-state index contributed by atoms with van der Waals surface area (Å²) < 4.78 is 0. The Morgan fingerprint density at radius 2 is 2.25 bits per heavy atom. The average molecular weight is 320 g/mol. The third-order valence-electron chi connectivity index (χ3n) is 3.75. The van der Waals surface area contributed by atoms with E-state index in [2.05, 4.69) is 17.2 Å². The first-order valence-electron chi connectivity index (χ1n) is 6.57. The van der Waals surface area contributed by atoms with Gasteiger partial charge in [-0.1, -0.05) is 13.0 Å². The van der Waals surface area contributed by atoms with Gasteiger partial charge in [-0.25, -0.2) is 0 Å². The lowest BCUT2D eigenvalue weighted by molar-refractivity contribution is -0.137. The number of nitrogens with zero attached hydrogens (tertiary/aromatic N) is 2. The smallest absolute Gasteiger partial charge is 0.242 e. The Bertz CT molecular complexity index is 408. The Kier molecular flexibility index (Phi) is 8.09. The van der Waals surface area contributed by atoms with Crippen LogP contribution in [0.25, 0.3) is 0 Å². The largest absolute Gasteiger partial charge is 0.340 e. The van der Waals surface area contributed by atoms with Crippen molar-refractivity contribution in [3.05, 3.63) is 30.1 Å². The van der Waals surface area contributed by atoms with Gasteiger partial charge in [0.15, 0.2) is 0 Å². The quantitative estimate of drug-likeness (QED) is 0.927. The first-order chi connectivity index (χ1) is 8.68. The van der Waals surface area contributed by atoms with Crippen LogP contribution in [0.15, 0.2) is 24.5 Å². The zero-order valence-electron chi connectivity index (χ0n) is 12.0. The highest BCUT2D eigenvalue weighted by molar-refractivity contribution is 5.86. The molecule has 0 aromatic carbocycles. The number of carbonyl (C=O) groups is 1. The summed E-state index contributed by atoms with van der Waals surface area (Å²) in [6.07, 6.45) is 6.44. The maximum atomic E-state index is 12.5. The number of pyridine rings is 1. The first-order valence-corrected chi connectivity index (χ1v) is 6.57. The molecule has 1 amide bonds. The van der Waals surface area contributed by atoms with Crippen LogP contribution in [-0.4, -0.2) is 34.9 Å². The number of amides is 1. The molecular formula is C14H23Cl2N3O. The second-order valence-electron chi connectivity index (χ2n) is 4.99. The van der Waals surface area contributed by atoms with Crippen molar-refractivity contribution in [3.63, 3.8) is 0 Å². The summed E-state index contributed by atoms with van der Waals surface area (Å²) in [5.74, 6) is 0.200. The number of hydrogen-bond acceptors (Lipinski definition) is 3. The minimum Gasteiger partial charge on any atom is -0.340 e. The first kappa shape index (κ1) is 19.2. The number of hydrogen-bond donors (Lipinski definition) is 1. The van der Waals surface area contributed by atoms with E-state index in [1.807, 2.05) is 25.4 Å². The van der Waals surface area contributed by atoms with E-state index in [9.17, 15) is 4.79 Å². The molecule has 0 radical (unpaired) electrons. The lowest BCUT2D eigenvalue weighted by Crippen LogP contribution is -2.53. The van der Waals surface area contributed by atoms with E-state index >= 15 is 0 Å². The summed E-state index contributed by atoms with van der Waals surface area (Å²) in [4.78, 5) is 18.4.